The Hall–Kier alpha value is -0.0400. The predicted molar refractivity (Wildman–Crippen MR) is 70.5 cm³/mol. The van der Waals surface area contributed by atoms with Crippen LogP contribution in [0.3, 0.4) is 0 Å². The highest BCUT2D eigenvalue weighted by atomic mass is 15.3. The Kier molecular flexibility index (Phi) is 2.89. The molecule has 0 aromatic heterocycles. The van der Waals surface area contributed by atoms with Crippen LogP contribution in [0, 0.1) is 17.3 Å². The first-order valence-electron chi connectivity index (χ1n) is 6.98. The first-order chi connectivity index (χ1) is 7.21. The van der Waals surface area contributed by atoms with Crippen molar-refractivity contribution in [1.29, 1.82) is 0 Å². The van der Waals surface area contributed by atoms with Crippen molar-refractivity contribution in [3.8, 4) is 0 Å². The van der Waals surface area contributed by atoms with Gasteiger partial charge in [0.05, 0.1) is 0 Å². The maximum absolute atomic E-state index is 2.79. The molecule has 0 amide bonds. The third-order valence-electron chi connectivity index (χ3n) is 4.64. The van der Waals surface area contributed by atoms with Gasteiger partial charge in [-0.1, -0.05) is 27.2 Å². The fourth-order valence-corrected chi connectivity index (χ4v) is 4.11. The van der Waals surface area contributed by atoms with Gasteiger partial charge in [0.25, 0.3) is 0 Å². The summed E-state index contributed by atoms with van der Waals surface area (Å²) in [5, 5.41) is 0. The maximum atomic E-state index is 2.79. The highest BCUT2D eigenvalue weighted by molar-refractivity contribution is 5.04. The molecule has 94 valence electrons. The summed E-state index contributed by atoms with van der Waals surface area (Å²) in [7, 11) is 0. The Morgan fingerprint density at radius 3 is 2.06 bits per heavy atom. The third-order valence-corrected chi connectivity index (χ3v) is 4.64. The van der Waals surface area contributed by atoms with Crippen molar-refractivity contribution in [2.75, 3.05) is 6.54 Å². The lowest BCUT2D eigenvalue weighted by molar-refractivity contribution is 0.0377. The molecule has 0 aromatic carbocycles. The molecule has 1 saturated heterocycles. The van der Waals surface area contributed by atoms with Crippen molar-refractivity contribution >= 4 is 0 Å². The molecule has 16 heavy (non-hydrogen) atoms. The van der Waals surface area contributed by atoms with Gasteiger partial charge in [0.2, 0.25) is 0 Å². The zero-order valence-electron chi connectivity index (χ0n) is 12.0. The topological polar surface area (TPSA) is 3.24 Å². The summed E-state index contributed by atoms with van der Waals surface area (Å²) < 4.78 is 0. The Bertz CT molecular complexity index is 256. The second kappa shape index (κ2) is 3.73. The van der Waals surface area contributed by atoms with Gasteiger partial charge >= 0.3 is 0 Å². The quantitative estimate of drug-likeness (QED) is 0.601. The van der Waals surface area contributed by atoms with Crippen LogP contribution in [-0.4, -0.2) is 23.0 Å². The third kappa shape index (κ3) is 2.03. The van der Waals surface area contributed by atoms with Gasteiger partial charge in [0, 0.05) is 18.1 Å². The largest absolute Gasteiger partial charge is 0.294 e. The summed E-state index contributed by atoms with van der Waals surface area (Å²) in [6.45, 7) is 15.8. The standard InChI is InChI=1S/C15H29N/c1-14(2,3)13-12-9-7-8-11(12)10-16(13)15(4,5)6/h11-13H,7-10H2,1-6H3/t11-,12-,13+/m1/s1. The van der Waals surface area contributed by atoms with Gasteiger partial charge in [0.1, 0.15) is 0 Å². The van der Waals surface area contributed by atoms with Crippen molar-refractivity contribution in [2.45, 2.75) is 72.4 Å². The minimum absolute atomic E-state index is 0.336. The molecule has 1 aliphatic carbocycles. The number of likely N-dealkylation sites (tertiary alicyclic amines) is 1. The van der Waals surface area contributed by atoms with Crippen LogP contribution in [0.4, 0.5) is 0 Å². The first kappa shape index (κ1) is 12.4. The molecule has 1 nitrogen and oxygen atoms in total. The van der Waals surface area contributed by atoms with Gasteiger partial charge in [-0.15, -0.1) is 0 Å². The average molecular weight is 223 g/mol. The molecule has 0 N–H and O–H groups in total. The van der Waals surface area contributed by atoms with E-state index in [2.05, 4.69) is 46.4 Å². The zero-order valence-corrected chi connectivity index (χ0v) is 12.0. The fraction of sp³-hybridized carbons (Fsp3) is 1.00. The second-order valence-corrected chi connectivity index (χ2v) is 7.99. The van der Waals surface area contributed by atoms with Crippen molar-refractivity contribution in [2.24, 2.45) is 17.3 Å². The summed E-state index contributed by atoms with van der Waals surface area (Å²) in [6, 6.07) is 0.792. The highest BCUT2D eigenvalue weighted by Crippen LogP contribution is 2.49. The van der Waals surface area contributed by atoms with Crippen LogP contribution < -0.4 is 0 Å². The van der Waals surface area contributed by atoms with Gasteiger partial charge in [-0.05, 0) is 50.9 Å². The van der Waals surface area contributed by atoms with Crippen molar-refractivity contribution in [3.63, 3.8) is 0 Å². The number of nitrogens with zero attached hydrogens (tertiary/aromatic N) is 1. The molecule has 1 heteroatoms. The number of rotatable bonds is 0. The molecule has 0 spiro atoms. The van der Waals surface area contributed by atoms with E-state index in [-0.39, 0.29) is 0 Å². The molecular formula is C15H29N. The molecule has 0 bridgehead atoms. The van der Waals surface area contributed by atoms with E-state index in [1.807, 2.05) is 0 Å². The van der Waals surface area contributed by atoms with E-state index in [9.17, 15) is 0 Å². The molecule has 1 aliphatic heterocycles. The fourth-order valence-electron chi connectivity index (χ4n) is 4.11. The number of hydrogen-bond acceptors (Lipinski definition) is 1. The van der Waals surface area contributed by atoms with Crippen LogP contribution in [-0.2, 0) is 0 Å². The summed E-state index contributed by atoms with van der Waals surface area (Å²) in [5.74, 6) is 1.96. The summed E-state index contributed by atoms with van der Waals surface area (Å²) in [5.41, 5.74) is 0.763. The Morgan fingerprint density at radius 1 is 0.938 bits per heavy atom. The van der Waals surface area contributed by atoms with Gasteiger partial charge in [-0.2, -0.15) is 0 Å². The van der Waals surface area contributed by atoms with E-state index in [1.165, 1.54) is 25.8 Å². The van der Waals surface area contributed by atoms with Crippen molar-refractivity contribution in [1.82, 2.24) is 4.90 Å². The molecule has 2 aliphatic rings. The minimum Gasteiger partial charge on any atom is -0.294 e. The normalized spacial score (nSPS) is 36.8. The van der Waals surface area contributed by atoms with E-state index in [0.717, 1.165) is 17.9 Å². The summed E-state index contributed by atoms with van der Waals surface area (Å²) in [4.78, 5) is 2.79. The Morgan fingerprint density at radius 2 is 1.56 bits per heavy atom. The van der Waals surface area contributed by atoms with Crippen LogP contribution in [0.5, 0.6) is 0 Å². The lowest BCUT2D eigenvalue weighted by Gasteiger charge is -2.45. The molecule has 1 heterocycles. The Balaban J connectivity index is 2.27. The number of hydrogen-bond donors (Lipinski definition) is 0. The highest BCUT2D eigenvalue weighted by Gasteiger charge is 2.51. The van der Waals surface area contributed by atoms with Gasteiger partial charge in [-0.25, -0.2) is 0 Å². The van der Waals surface area contributed by atoms with Crippen LogP contribution in [0.1, 0.15) is 60.8 Å². The second-order valence-electron chi connectivity index (χ2n) is 7.99. The van der Waals surface area contributed by atoms with Gasteiger partial charge in [0.15, 0.2) is 0 Å². The van der Waals surface area contributed by atoms with Crippen molar-refractivity contribution in [3.05, 3.63) is 0 Å². The average Bonchev–Trinajstić information content (AvgIpc) is 2.53. The molecule has 0 unspecified atom stereocenters. The molecule has 2 fully saturated rings. The number of fused-ring (bicyclic) bond motifs is 1. The Labute approximate surface area is 102 Å². The lowest BCUT2D eigenvalue weighted by Crippen LogP contribution is -2.51. The van der Waals surface area contributed by atoms with E-state index >= 15 is 0 Å². The lowest BCUT2D eigenvalue weighted by atomic mass is 9.77. The van der Waals surface area contributed by atoms with Crippen LogP contribution in [0.15, 0.2) is 0 Å². The van der Waals surface area contributed by atoms with E-state index < -0.39 is 0 Å². The van der Waals surface area contributed by atoms with Crippen LogP contribution >= 0.6 is 0 Å². The SMILES string of the molecule is CC(C)(C)[C@@H]1[C@@H]2CCC[C@@H]2CN1C(C)(C)C. The monoisotopic (exact) mass is 223 g/mol. The van der Waals surface area contributed by atoms with Crippen molar-refractivity contribution < 1.29 is 0 Å². The minimum atomic E-state index is 0.336. The molecule has 0 aromatic rings. The molecular weight excluding hydrogens is 194 g/mol. The molecule has 1 saturated carbocycles. The molecule has 0 radical (unpaired) electrons. The van der Waals surface area contributed by atoms with E-state index in [1.54, 1.807) is 0 Å². The van der Waals surface area contributed by atoms with Crippen LogP contribution in [0.25, 0.3) is 0 Å². The summed E-state index contributed by atoms with van der Waals surface area (Å²) >= 11 is 0. The molecule has 2 rings (SSSR count). The zero-order chi connectivity index (χ0) is 12.1. The van der Waals surface area contributed by atoms with Gasteiger partial charge in [-0.3, -0.25) is 4.90 Å². The molecule has 3 atom stereocenters. The maximum Gasteiger partial charge on any atom is 0.0180 e. The summed E-state index contributed by atoms with van der Waals surface area (Å²) in [6.07, 6.45) is 4.42. The van der Waals surface area contributed by atoms with E-state index in [0.29, 0.717) is 11.0 Å². The predicted octanol–water partition coefficient (Wildman–Crippen LogP) is 3.93. The van der Waals surface area contributed by atoms with Crippen LogP contribution in [0.2, 0.25) is 0 Å². The smallest absolute Gasteiger partial charge is 0.0180 e. The van der Waals surface area contributed by atoms with Gasteiger partial charge < -0.3 is 0 Å². The first-order valence-corrected chi connectivity index (χ1v) is 6.98. The van der Waals surface area contributed by atoms with E-state index in [4.69, 9.17) is 0 Å².